The number of alkyl halides is 3. The third-order valence-electron chi connectivity index (χ3n) is 2.92. The molecule has 0 bridgehead atoms. The summed E-state index contributed by atoms with van der Waals surface area (Å²) in [4.78, 5) is 3.26. The Morgan fingerprint density at radius 2 is 2.06 bits per heavy atom. The van der Waals surface area contributed by atoms with E-state index in [1.165, 1.54) is 4.68 Å². The zero-order valence-electron chi connectivity index (χ0n) is 9.25. The van der Waals surface area contributed by atoms with Crippen LogP contribution in [-0.2, 0) is 12.7 Å². The Bertz CT molecular complexity index is 373. The molecule has 1 fully saturated rings. The van der Waals surface area contributed by atoms with Crippen LogP contribution >= 0.6 is 0 Å². The largest absolute Gasteiger partial charge is 0.453 e. The van der Waals surface area contributed by atoms with E-state index in [4.69, 9.17) is 0 Å². The minimum absolute atomic E-state index is 0.331. The van der Waals surface area contributed by atoms with E-state index in [1.54, 1.807) is 0 Å². The topological polar surface area (TPSA) is 30.7 Å². The van der Waals surface area contributed by atoms with Gasteiger partial charge in [0, 0.05) is 6.54 Å². The van der Waals surface area contributed by atoms with Crippen LogP contribution in [0, 0.1) is 11.3 Å². The predicted octanol–water partition coefficient (Wildman–Crippen LogP) is 2.73. The fourth-order valence-electron chi connectivity index (χ4n) is 2.41. The van der Waals surface area contributed by atoms with Crippen LogP contribution in [0.15, 0.2) is 6.33 Å². The fourth-order valence-corrected chi connectivity index (χ4v) is 2.41. The molecule has 0 atom stereocenters. The average molecular weight is 233 g/mol. The Morgan fingerprint density at radius 1 is 1.44 bits per heavy atom. The van der Waals surface area contributed by atoms with Crippen LogP contribution in [0.1, 0.15) is 32.5 Å². The highest BCUT2D eigenvalue weighted by atomic mass is 19.4. The first-order chi connectivity index (χ1) is 7.26. The van der Waals surface area contributed by atoms with Gasteiger partial charge in [-0.1, -0.05) is 13.8 Å². The highest BCUT2D eigenvalue weighted by Gasteiger charge is 2.38. The first kappa shape index (κ1) is 11.4. The third-order valence-corrected chi connectivity index (χ3v) is 2.92. The standard InChI is InChI=1S/C10H14F3N3/c1-9(2)3-7(4-9)5-16-6-14-8(15-16)10(11,12)13/h6-7H,3-5H2,1-2H3. The lowest BCUT2D eigenvalue weighted by Gasteiger charge is -2.42. The van der Waals surface area contributed by atoms with Crippen molar-refractivity contribution in [3.63, 3.8) is 0 Å². The molecule has 16 heavy (non-hydrogen) atoms. The molecule has 0 N–H and O–H groups in total. The molecule has 1 heterocycles. The average Bonchev–Trinajstić information content (AvgIpc) is 2.48. The van der Waals surface area contributed by atoms with E-state index in [2.05, 4.69) is 23.9 Å². The Kier molecular flexibility index (Phi) is 2.47. The predicted molar refractivity (Wildman–Crippen MR) is 51.5 cm³/mol. The zero-order valence-corrected chi connectivity index (χ0v) is 9.25. The summed E-state index contributed by atoms with van der Waals surface area (Å²) in [5.41, 5.74) is 0.331. The van der Waals surface area contributed by atoms with Crippen LogP contribution in [0.4, 0.5) is 13.2 Å². The summed E-state index contributed by atoms with van der Waals surface area (Å²) in [6.07, 6.45) is -1.21. The van der Waals surface area contributed by atoms with Crippen LogP contribution in [0.3, 0.4) is 0 Å². The van der Waals surface area contributed by atoms with Crippen molar-refractivity contribution in [1.82, 2.24) is 14.8 Å². The van der Waals surface area contributed by atoms with Gasteiger partial charge in [-0.15, -0.1) is 5.10 Å². The maximum atomic E-state index is 12.2. The summed E-state index contributed by atoms with van der Waals surface area (Å²) in [6, 6.07) is 0. The highest BCUT2D eigenvalue weighted by molar-refractivity contribution is 4.90. The van der Waals surface area contributed by atoms with Gasteiger partial charge in [0.2, 0.25) is 0 Å². The van der Waals surface area contributed by atoms with E-state index in [-0.39, 0.29) is 0 Å². The molecule has 90 valence electrons. The normalized spacial score (nSPS) is 20.8. The maximum absolute atomic E-state index is 12.2. The van der Waals surface area contributed by atoms with E-state index in [1.807, 2.05) is 0 Å². The van der Waals surface area contributed by atoms with Crippen LogP contribution in [-0.4, -0.2) is 14.8 Å². The fraction of sp³-hybridized carbons (Fsp3) is 0.800. The van der Waals surface area contributed by atoms with Gasteiger partial charge >= 0.3 is 6.18 Å². The first-order valence-electron chi connectivity index (χ1n) is 5.23. The first-order valence-corrected chi connectivity index (χ1v) is 5.23. The molecule has 0 spiro atoms. The second-order valence-corrected chi connectivity index (χ2v) is 5.23. The summed E-state index contributed by atoms with van der Waals surface area (Å²) in [6.45, 7) is 4.85. The summed E-state index contributed by atoms with van der Waals surface area (Å²) in [5, 5.41) is 3.43. The van der Waals surface area contributed by atoms with Crippen molar-refractivity contribution in [2.75, 3.05) is 0 Å². The number of rotatable bonds is 2. The maximum Gasteiger partial charge on any atom is 0.453 e. The van der Waals surface area contributed by atoms with Crippen molar-refractivity contribution >= 4 is 0 Å². The smallest absolute Gasteiger partial charge is 0.252 e. The zero-order chi connectivity index (χ0) is 12.0. The van der Waals surface area contributed by atoms with Gasteiger partial charge < -0.3 is 0 Å². The van der Waals surface area contributed by atoms with E-state index in [0.29, 0.717) is 17.9 Å². The Morgan fingerprint density at radius 3 is 2.50 bits per heavy atom. The van der Waals surface area contributed by atoms with Crippen molar-refractivity contribution in [2.24, 2.45) is 11.3 Å². The molecule has 0 aliphatic heterocycles. The number of hydrogen-bond acceptors (Lipinski definition) is 2. The molecule has 1 aromatic heterocycles. The van der Waals surface area contributed by atoms with Crippen LogP contribution in [0.5, 0.6) is 0 Å². The lowest BCUT2D eigenvalue weighted by molar-refractivity contribution is -0.145. The molecule has 2 rings (SSSR count). The van der Waals surface area contributed by atoms with Crippen molar-refractivity contribution in [3.8, 4) is 0 Å². The molecular weight excluding hydrogens is 219 g/mol. The van der Waals surface area contributed by atoms with E-state index in [0.717, 1.165) is 19.2 Å². The van der Waals surface area contributed by atoms with Gasteiger partial charge in [-0.25, -0.2) is 4.98 Å². The molecule has 1 aliphatic carbocycles. The van der Waals surface area contributed by atoms with Crippen LogP contribution in [0.2, 0.25) is 0 Å². The van der Waals surface area contributed by atoms with Crippen molar-refractivity contribution < 1.29 is 13.2 Å². The lowest BCUT2D eigenvalue weighted by atomic mass is 9.64. The summed E-state index contributed by atoms with van der Waals surface area (Å²) >= 11 is 0. The van der Waals surface area contributed by atoms with Crippen molar-refractivity contribution in [3.05, 3.63) is 12.2 Å². The van der Waals surface area contributed by atoms with Gasteiger partial charge in [0.1, 0.15) is 6.33 Å². The van der Waals surface area contributed by atoms with Gasteiger partial charge in [0.05, 0.1) is 0 Å². The molecule has 0 amide bonds. The van der Waals surface area contributed by atoms with Gasteiger partial charge in [0.25, 0.3) is 5.82 Å². The molecule has 0 aromatic carbocycles. The second kappa shape index (κ2) is 3.46. The summed E-state index contributed by atoms with van der Waals surface area (Å²) in [7, 11) is 0. The van der Waals surface area contributed by atoms with Crippen molar-refractivity contribution in [1.29, 1.82) is 0 Å². The molecule has 6 heteroatoms. The molecule has 3 nitrogen and oxygen atoms in total. The van der Waals surface area contributed by atoms with Gasteiger partial charge in [-0.2, -0.15) is 13.2 Å². The minimum Gasteiger partial charge on any atom is -0.252 e. The van der Waals surface area contributed by atoms with Crippen LogP contribution < -0.4 is 0 Å². The molecule has 1 aliphatic rings. The number of hydrogen-bond donors (Lipinski definition) is 0. The minimum atomic E-state index is -4.44. The van der Waals surface area contributed by atoms with E-state index in [9.17, 15) is 13.2 Å². The SMILES string of the molecule is CC1(C)CC(Cn2cnc(C(F)(F)F)n2)C1. The Balaban J connectivity index is 1.94. The van der Waals surface area contributed by atoms with Gasteiger partial charge in [-0.3, -0.25) is 4.68 Å². The third kappa shape index (κ3) is 2.36. The van der Waals surface area contributed by atoms with E-state index < -0.39 is 12.0 Å². The molecule has 1 saturated carbocycles. The molecule has 0 unspecified atom stereocenters. The van der Waals surface area contributed by atoms with Gasteiger partial charge in [0.15, 0.2) is 0 Å². The number of nitrogens with zero attached hydrogens (tertiary/aromatic N) is 3. The quantitative estimate of drug-likeness (QED) is 0.786. The number of halogens is 3. The number of aromatic nitrogens is 3. The molecule has 0 radical (unpaired) electrons. The lowest BCUT2D eigenvalue weighted by Crippen LogP contribution is -2.34. The molecule has 0 saturated heterocycles. The Hall–Kier alpha value is -1.07. The summed E-state index contributed by atoms with van der Waals surface area (Å²) < 4.78 is 38.0. The summed E-state index contributed by atoms with van der Waals surface area (Å²) in [5.74, 6) is -0.621. The van der Waals surface area contributed by atoms with Crippen LogP contribution in [0.25, 0.3) is 0 Å². The van der Waals surface area contributed by atoms with E-state index >= 15 is 0 Å². The monoisotopic (exact) mass is 233 g/mol. The highest BCUT2D eigenvalue weighted by Crippen LogP contribution is 2.45. The van der Waals surface area contributed by atoms with Gasteiger partial charge in [-0.05, 0) is 24.2 Å². The second-order valence-electron chi connectivity index (χ2n) is 5.23. The molecule has 1 aromatic rings. The Labute approximate surface area is 91.7 Å². The van der Waals surface area contributed by atoms with Crippen molar-refractivity contribution in [2.45, 2.75) is 39.4 Å². The molecular formula is C10H14F3N3.